The maximum atomic E-state index is 8.75. The summed E-state index contributed by atoms with van der Waals surface area (Å²) in [4.78, 5) is 5.50. The van der Waals surface area contributed by atoms with Gasteiger partial charge in [-0.25, -0.2) is 0 Å². The average Bonchev–Trinajstić information content (AvgIpc) is 1.90. The maximum absolute atomic E-state index is 8.75. The van der Waals surface area contributed by atoms with Gasteiger partial charge in [0.15, 0.2) is 0 Å². The monoisotopic (exact) mass is 172 g/mol. The molecule has 4 nitrogen and oxygen atoms in total. The molecule has 0 aromatic carbocycles. The third-order valence-corrected chi connectivity index (χ3v) is 2.54. The number of rotatable bonds is 4. The van der Waals surface area contributed by atoms with Crippen LogP contribution in [-0.4, -0.2) is 49.6 Å². The Morgan fingerprint density at radius 1 is 1.33 bits per heavy atom. The van der Waals surface area contributed by atoms with Gasteiger partial charge in [0.25, 0.3) is 0 Å². The molecule has 0 aromatic heterocycles. The van der Waals surface area contributed by atoms with Crippen molar-refractivity contribution >= 4 is 0 Å². The average molecular weight is 172 g/mol. The minimum atomic E-state index is 0.296. The van der Waals surface area contributed by atoms with Crippen molar-refractivity contribution < 1.29 is 9.94 Å². The van der Waals surface area contributed by atoms with E-state index in [1.807, 2.05) is 5.06 Å². The molecule has 0 aromatic rings. The van der Waals surface area contributed by atoms with Crippen molar-refractivity contribution in [3.8, 4) is 0 Å². The molecule has 4 heteroatoms. The molecule has 0 radical (unpaired) electrons. The third kappa shape index (κ3) is 1.77. The molecule has 2 aliphatic heterocycles. The van der Waals surface area contributed by atoms with Crippen LogP contribution in [0.2, 0.25) is 0 Å². The van der Waals surface area contributed by atoms with Crippen LogP contribution in [0.1, 0.15) is 0 Å². The van der Waals surface area contributed by atoms with E-state index in [2.05, 4.69) is 5.32 Å². The Labute approximate surface area is 72.5 Å². The maximum Gasteiger partial charge on any atom is 0.0737 e. The van der Waals surface area contributed by atoms with E-state index < -0.39 is 0 Å². The highest BCUT2D eigenvalue weighted by Gasteiger charge is 2.28. The van der Waals surface area contributed by atoms with E-state index in [1.54, 1.807) is 0 Å². The molecule has 0 saturated carbocycles. The minimum Gasteiger partial charge on any atom is -0.396 e. The Balaban J connectivity index is 1.51. The lowest BCUT2D eigenvalue weighted by Gasteiger charge is -2.38. The van der Waals surface area contributed by atoms with E-state index in [-0.39, 0.29) is 0 Å². The van der Waals surface area contributed by atoms with E-state index in [9.17, 15) is 0 Å². The highest BCUT2D eigenvalue weighted by atomic mass is 16.7. The molecule has 2 aliphatic rings. The SMILES string of the molecule is OCC1CN(OCC2CNC2)C1. The van der Waals surface area contributed by atoms with Crippen LogP contribution in [0.15, 0.2) is 0 Å². The van der Waals surface area contributed by atoms with Crippen molar-refractivity contribution in [3.63, 3.8) is 0 Å². The van der Waals surface area contributed by atoms with Gasteiger partial charge in [-0.05, 0) is 0 Å². The standard InChI is InChI=1S/C8H16N2O2/c11-5-8-3-10(4-8)12-6-7-1-9-2-7/h7-9,11H,1-6H2. The predicted octanol–water partition coefficient (Wildman–Crippen LogP) is -0.938. The largest absolute Gasteiger partial charge is 0.396 e. The molecule has 70 valence electrons. The van der Waals surface area contributed by atoms with Gasteiger partial charge >= 0.3 is 0 Å². The van der Waals surface area contributed by atoms with Gasteiger partial charge in [-0.2, -0.15) is 5.06 Å². The first-order valence-electron chi connectivity index (χ1n) is 4.58. The molecule has 0 aliphatic carbocycles. The summed E-state index contributed by atoms with van der Waals surface area (Å²) in [5.41, 5.74) is 0. The summed E-state index contributed by atoms with van der Waals surface area (Å²) in [5, 5.41) is 13.9. The predicted molar refractivity (Wildman–Crippen MR) is 44.5 cm³/mol. The number of hydrogen-bond donors (Lipinski definition) is 2. The second kappa shape index (κ2) is 3.70. The van der Waals surface area contributed by atoms with Gasteiger partial charge in [-0.1, -0.05) is 0 Å². The molecule has 0 atom stereocenters. The van der Waals surface area contributed by atoms with Gasteiger partial charge in [-0.3, -0.25) is 4.84 Å². The molecule has 2 heterocycles. The smallest absolute Gasteiger partial charge is 0.0737 e. The summed E-state index contributed by atoms with van der Waals surface area (Å²) in [6, 6.07) is 0. The molecule has 2 N–H and O–H groups in total. The Hall–Kier alpha value is -0.160. The second-order valence-electron chi connectivity index (χ2n) is 3.72. The Kier molecular flexibility index (Phi) is 2.60. The van der Waals surface area contributed by atoms with Crippen LogP contribution in [0.5, 0.6) is 0 Å². The van der Waals surface area contributed by atoms with E-state index in [0.717, 1.165) is 32.8 Å². The second-order valence-corrected chi connectivity index (χ2v) is 3.72. The van der Waals surface area contributed by atoms with E-state index in [0.29, 0.717) is 18.4 Å². The van der Waals surface area contributed by atoms with Crippen LogP contribution < -0.4 is 5.32 Å². The van der Waals surface area contributed by atoms with Crippen molar-refractivity contribution in [2.45, 2.75) is 0 Å². The highest BCUT2D eigenvalue weighted by Crippen LogP contribution is 2.16. The fourth-order valence-electron chi connectivity index (χ4n) is 1.42. The highest BCUT2D eigenvalue weighted by molar-refractivity contribution is 4.76. The third-order valence-electron chi connectivity index (χ3n) is 2.54. The zero-order valence-electron chi connectivity index (χ0n) is 7.20. The Morgan fingerprint density at radius 3 is 2.58 bits per heavy atom. The van der Waals surface area contributed by atoms with Crippen LogP contribution in [0.25, 0.3) is 0 Å². The van der Waals surface area contributed by atoms with Gasteiger partial charge in [0, 0.05) is 44.6 Å². The molecule has 2 rings (SSSR count). The van der Waals surface area contributed by atoms with Crippen molar-refractivity contribution in [1.82, 2.24) is 10.4 Å². The lowest BCUT2D eigenvalue weighted by molar-refractivity contribution is -0.233. The first-order valence-corrected chi connectivity index (χ1v) is 4.58. The Bertz CT molecular complexity index is 144. The summed E-state index contributed by atoms with van der Waals surface area (Å²) in [7, 11) is 0. The molecular formula is C8H16N2O2. The number of aliphatic hydroxyl groups is 1. The van der Waals surface area contributed by atoms with Gasteiger partial charge in [0.2, 0.25) is 0 Å². The van der Waals surface area contributed by atoms with E-state index in [4.69, 9.17) is 9.94 Å². The van der Waals surface area contributed by atoms with Crippen LogP contribution >= 0.6 is 0 Å². The number of hydroxylamine groups is 2. The fourth-order valence-corrected chi connectivity index (χ4v) is 1.42. The van der Waals surface area contributed by atoms with Gasteiger partial charge in [-0.15, -0.1) is 0 Å². The summed E-state index contributed by atoms with van der Waals surface area (Å²) in [5.74, 6) is 1.16. The molecular weight excluding hydrogens is 156 g/mol. The Morgan fingerprint density at radius 2 is 2.08 bits per heavy atom. The van der Waals surface area contributed by atoms with Crippen molar-refractivity contribution in [2.24, 2.45) is 11.8 Å². The summed E-state index contributed by atoms with van der Waals surface area (Å²) in [6.07, 6.45) is 0. The molecule has 0 unspecified atom stereocenters. The van der Waals surface area contributed by atoms with Crippen molar-refractivity contribution in [2.75, 3.05) is 39.4 Å². The van der Waals surface area contributed by atoms with Gasteiger partial charge < -0.3 is 10.4 Å². The van der Waals surface area contributed by atoms with Crippen molar-refractivity contribution in [1.29, 1.82) is 0 Å². The fraction of sp³-hybridized carbons (Fsp3) is 1.00. The van der Waals surface area contributed by atoms with Gasteiger partial charge in [0.1, 0.15) is 0 Å². The summed E-state index contributed by atoms with van der Waals surface area (Å²) in [6.45, 7) is 5.12. The minimum absolute atomic E-state index is 0.296. The zero-order chi connectivity index (χ0) is 8.39. The molecule has 2 fully saturated rings. The number of nitrogens with zero attached hydrogens (tertiary/aromatic N) is 1. The van der Waals surface area contributed by atoms with E-state index >= 15 is 0 Å². The van der Waals surface area contributed by atoms with E-state index in [1.165, 1.54) is 0 Å². The lowest BCUT2D eigenvalue weighted by Crippen LogP contribution is -2.51. The number of nitrogens with one attached hydrogen (secondary N) is 1. The van der Waals surface area contributed by atoms with Crippen LogP contribution in [0, 0.1) is 11.8 Å². The topological polar surface area (TPSA) is 44.7 Å². The van der Waals surface area contributed by atoms with Crippen molar-refractivity contribution in [3.05, 3.63) is 0 Å². The van der Waals surface area contributed by atoms with Gasteiger partial charge in [0.05, 0.1) is 6.61 Å². The zero-order valence-corrected chi connectivity index (χ0v) is 7.20. The normalized spacial score (nSPS) is 26.8. The molecule has 0 spiro atoms. The number of hydrogen-bond acceptors (Lipinski definition) is 4. The molecule has 0 amide bonds. The first kappa shape index (κ1) is 8.44. The van der Waals surface area contributed by atoms with Crippen LogP contribution in [0.3, 0.4) is 0 Å². The quantitative estimate of drug-likeness (QED) is 0.574. The summed E-state index contributed by atoms with van der Waals surface area (Å²) >= 11 is 0. The molecule has 2 saturated heterocycles. The number of aliphatic hydroxyl groups excluding tert-OH is 1. The first-order chi connectivity index (χ1) is 5.88. The molecule has 0 bridgehead atoms. The summed E-state index contributed by atoms with van der Waals surface area (Å²) < 4.78 is 0. The lowest BCUT2D eigenvalue weighted by atomic mass is 10.0. The van der Waals surface area contributed by atoms with Crippen LogP contribution in [-0.2, 0) is 4.84 Å². The molecule has 12 heavy (non-hydrogen) atoms. The van der Waals surface area contributed by atoms with Crippen LogP contribution in [0.4, 0.5) is 0 Å².